The minimum Gasteiger partial charge on any atom is -0.466 e. The summed E-state index contributed by atoms with van der Waals surface area (Å²) in [5.74, 6) is 1.31. The first kappa shape index (κ1) is 12.2. The third kappa shape index (κ3) is 1.43. The number of hydrogen-bond donors (Lipinski definition) is 0. The lowest BCUT2D eigenvalue weighted by Crippen LogP contribution is -2.22. The lowest BCUT2D eigenvalue weighted by molar-refractivity contribution is -0.146. The Morgan fingerprint density at radius 3 is 2.56 bits per heavy atom. The molecule has 2 saturated carbocycles. The number of halogens is 1. The first-order chi connectivity index (χ1) is 8.67. The minimum absolute atomic E-state index is 0.00452. The highest BCUT2D eigenvalue weighted by Crippen LogP contribution is 2.85. The smallest absolute Gasteiger partial charge is 0.310 e. The van der Waals surface area contributed by atoms with E-state index < -0.39 is 0 Å². The van der Waals surface area contributed by atoms with E-state index in [4.69, 9.17) is 4.74 Å². The van der Waals surface area contributed by atoms with Gasteiger partial charge in [0.05, 0.1) is 12.5 Å². The molecular formula is C15H17BrO2. The summed E-state index contributed by atoms with van der Waals surface area (Å²) < 4.78 is 6.27. The summed E-state index contributed by atoms with van der Waals surface area (Å²) >= 11 is 3.46. The molecule has 2 aliphatic rings. The number of esters is 1. The fraction of sp³-hybridized carbons (Fsp3) is 0.533. The molecule has 0 saturated heterocycles. The third-order valence-electron chi connectivity index (χ3n) is 4.58. The molecule has 0 heterocycles. The van der Waals surface area contributed by atoms with Gasteiger partial charge in [0.25, 0.3) is 0 Å². The number of fused-ring (bicyclic) bond motifs is 1. The molecule has 2 fully saturated rings. The average Bonchev–Trinajstić information content (AvgIpc) is 3.19. The van der Waals surface area contributed by atoms with Gasteiger partial charge in [-0.1, -0.05) is 41.4 Å². The van der Waals surface area contributed by atoms with Crippen LogP contribution in [0.5, 0.6) is 0 Å². The quantitative estimate of drug-likeness (QED) is 0.795. The van der Waals surface area contributed by atoms with Crippen LogP contribution in [0, 0.1) is 17.8 Å². The van der Waals surface area contributed by atoms with Crippen molar-refractivity contribution in [1.82, 2.24) is 0 Å². The normalized spacial score (nSPS) is 35.8. The van der Waals surface area contributed by atoms with Crippen molar-refractivity contribution < 1.29 is 9.53 Å². The van der Waals surface area contributed by atoms with Gasteiger partial charge in [-0.25, -0.2) is 0 Å². The van der Waals surface area contributed by atoms with E-state index in [0.29, 0.717) is 18.4 Å². The number of carbonyl (C=O) groups excluding carboxylic acids is 1. The Morgan fingerprint density at radius 2 is 2.00 bits per heavy atom. The number of carbonyl (C=O) groups is 1. The zero-order valence-corrected chi connectivity index (χ0v) is 12.2. The molecule has 18 heavy (non-hydrogen) atoms. The number of benzene rings is 1. The molecule has 1 aromatic rings. The van der Waals surface area contributed by atoms with Gasteiger partial charge in [-0.3, -0.25) is 4.79 Å². The lowest BCUT2D eigenvalue weighted by Gasteiger charge is -2.17. The van der Waals surface area contributed by atoms with Crippen LogP contribution >= 0.6 is 15.9 Å². The molecule has 2 unspecified atom stereocenters. The summed E-state index contributed by atoms with van der Waals surface area (Å²) in [5.41, 5.74) is 1.42. The van der Waals surface area contributed by atoms with Crippen LogP contribution < -0.4 is 0 Å². The fourth-order valence-corrected chi connectivity index (χ4v) is 4.05. The molecule has 2 nitrogen and oxygen atoms in total. The van der Waals surface area contributed by atoms with Gasteiger partial charge in [0.15, 0.2) is 0 Å². The van der Waals surface area contributed by atoms with Crippen molar-refractivity contribution in [2.24, 2.45) is 17.8 Å². The molecule has 0 aliphatic heterocycles. The molecule has 0 aromatic heterocycles. The second kappa shape index (κ2) is 4.09. The van der Waals surface area contributed by atoms with Gasteiger partial charge in [0, 0.05) is 9.89 Å². The zero-order valence-electron chi connectivity index (χ0n) is 10.7. The van der Waals surface area contributed by atoms with E-state index in [9.17, 15) is 4.79 Å². The summed E-state index contributed by atoms with van der Waals surface area (Å²) in [6.07, 6.45) is 1.15. The van der Waals surface area contributed by atoms with Crippen LogP contribution in [0.1, 0.15) is 25.8 Å². The Morgan fingerprint density at radius 1 is 1.33 bits per heavy atom. The van der Waals surface area contributed by atoms with E-state index in [1.54, 1.807) is 0 Å². The molecule has 4 atom stereocenters. The van der Waals surface area contributed by atoms with E-state index in [2.05, 4.69) is 47.1 Å². The van der Waals surface area contributed by atoms with Crippen LogP contribution in [0.4, 0.5) is 0 Å². The van der Waals surface area contributed by atoms with Crippen molar-refractivity contribution in [3.05, 3.63) is 34.3 Å². The minimum atomic E-state index is -0.00452. The first-order valence-electron chi connectivity index (χ1n) is 6.60. The van der Waals surface area contributed by atoms with Gasteiger partial charge < -0.3 is 4.74 Å². The standard InChI is InChI=1S/C15H17BrO2/c1-3-11-12-13(14(17)18-4-2)15(11,12)9-5-7-10(16)8-6-9/h5-8,11-13H,3-4H2,1-2H3/t11-,12?,13+,15?/m1/s1. The fourth-order valence-electron chi connectivity index (χ4n) is 3.78. The van der Waals surface area contributed by atoms with Crippen molar-refractivity contribution in [1.29, 1.82) is 0 Å². The van der Waals surface area contributed by atoms with E-state index in [-0.39, 0.29) is 17.3 Å². The highest BCUT2D eigenvalue weighted by atomic mass is 79.9. The number of ether oxygens (including phenoxy) is 1. The van der Waals surface area contributed by atoms with E-state index >= 15 is 0 Å². The van der Waals surface area contributed by atoms with Crippen molar-refractivity contribution >= 4 is 21.9 Å². The van der Waals surface area contributed by atoms with Crippen LogP contribution in [0.2, 0.25) is 0 Å². The Hall–Kier alpha value is -0.830. The highest BCUT2D eigenvalue weighted by molar-refractivity contribution is 9.10. The van der Waals surface area contributed by atoms with Crippen molar-refractivity contribution in [3.63, 3.8) is 0 Å². The molecule has 3 rings (SSSR count). The zero-order chi connectivity index (χ0) is 12.9. The molecule has 0 N–H and O–H groups in total. The summed E-state index contributed by atoms with van der Waals surface area (Å²) in [5, 5.41) is 0. The summed E-state index contributed by atoms with van der Waals surface area (Å²) in [6, 6.07) is 8.41. The van der Waals surface area contributed by atoms with Crippen LogP contribution in [0.25, 0.3) is 0 Å². The van der Waals surface area contributed by atoms with E-state index in [1.807, 2.05) is 6.92 Å². The van der Waals surface area contributed by atoms with Gasteiger partial charge in [-0.2, -0.15) is 0 Å². The molecule has 0 bridgehead atoms. The molecular weight excluding hydrogens is 292 g/mol. The van der Waals surface area contributed by atoms with Gasteiger partial charge in [0.1, 0.15) is 0 Å². The van der Waals surface area contributed by atoms with Crippen LogP contribution in [0.3, 0.4) is 0 Å². The molecule has 0 radical (unpaired) electrons. The van der Waals surface area contributed by atoms with Gasteiger partial charge in [0.2, 0.25) is 0 Å². The molecule has 2 aliphatic carbocycles. The lowest BCUT2D eigenvalue weighted by atomic mass is 9.88. The van der Waals surface area contributed by atoms with E-state index in [0.717, 1.165) is 10.9 Å². The van der Waals surface area contributed by atoms with Crippen molar-refractivity contribution in [2.75, 3.05) is 6.61 Å². The number of hydrogen-bond acceptors (Lipinski definition) is 2. The van der Waals surface area contributed by atoms with Crippen molar-refractivity contribution in [2.45, 2.75) is 25.7 Å². The van der Waals surface area contributed by atoms with E-state index in [1.165, 1.54) is 5.56 Å². The Labute approximate surface area is 116 Å². The average molecular weight is 309 g/mol. The summed E-state index contributed by atoms with van der Waals surface area (Å²) in [4.78, 5) is 11.9. The maximum absolute atomic E-state index is 11.9. The molecule has 0 spiro atoms. The number of rotatable bonds is 4. The van der Waals surface area contributed by atoms with Gasteiger partial charge in [-0.05, 0) is 36.5 Å². The molecule has 0 amide bonds. The topological polar surface area (TPSA) is 26.3 Å². The summed E-state index contributed by atoms with van der Waals surface area (Å²) in [6.45, 7) is 4.56. The molecule has 96 valence electrons. The predicted molar refractivity (Wildman–Crippen MR) is 73.2 cm³/mol. The predicted octanol–water partition coefficient (Wildman–Crippen LogP) is 3.54. The monoisotopic (exact) mass is 308 g/mol. The van der Waals surface area contributed by atoms with Crippen LogP contribution in [0.15, 0.2) is 28.7 Å². The SMILES string of the molecule is CCOC(=O)[C@@H]1C2[C@@H](CC)C21c1ccc(Br)cc1. The highest BCUT2D eigenvalue weighted by Gasteiger charge is 2.88. The second-order valence-electron chi connectivity index (χ2n) is 5.21. The maximum Gasteiger partial charge on any atom is 0.310 e. The van der Waals surface area contributed by atoms with Gasteiger partial charge in [-0.15, -0.1) is 0 Å². The maximum atomic E-state index is 11.9. The molecule has 1 aromatic carbocycles. The molecule has 3 heteroatoms. The Kier molecular flexibility index (Phi) is 2.77. The van der Waals surface area contributed by atoms with Gasteiger partial charge >= 0.3 is 5.97 Å². The summed E-state index contributed by atoms with van der Waals surface area (Å²) in [7, 11) is 0. The largest absolute Gasteiger partial charge is 0.466 e. The van der Waals surface area contributed by atoms with Crippen molar-refractivity contribution in [3.8, 4) is 0 Å². The Bertz CT molecular complexity index is 482. The Balaban J connectivity index is 1.85. The second-order valence-corrected chi connectivity index (χ2v) is 6.13. The van der Waals surface area contributed by atoms with Crippen LogP contribution in [-0.4, -0.2) is 12.6 Å². The first-order valence-corrected chi connectivity index (χ1v) is 7.39. The third-order valence-corrected chi connectivity index (χ3v) is 5.11. The van der Waals surface area contributed by atoms with Crippen LogP contribution in [-0.2, 0) is 14.9 Å².